The van der Waals surface area contributed by atoms with Gasteiger partial charge in [-0.05, 0) is 30.2 Å². The van der Waals surface area contributed by atoms with E-state index in [2.05, 4.69) is 6.07 Å². The van der Waals surface area contributed by atoms with Crippen LogP contribution in [0.4, 0.5) is 0 Å². The molecule has 0 aliphatic carbocycles. The largest absolute Gasteiger partial charge is 0.497 e. The maximum absolute atomic E-state index is 13.2. The zero-order valence-electron chi connectivity index (χ0n) is 19.4. The lowest BCUT2D eigenvalue weighted by Crippen LogP contribution is -2.54. The molecular weight excluding hydrogens is 422 g/mol. The molecule has 0 saturated carbocycles. The summed E-state index contributed by atoms with van der Waals surface area (Å²) in [4.78, 5) is 29.7. The molecule has 0 bridgehead atoms. The molecule has 8 heteroatoms. The number of hydrogen-bond donors (Lipinski definition) is 0. The van der Waals surface area contributed by atoms with Crippen molar-refractivity contribution >= 4 is 11.8 Å². The molecule has 1 saturated heterocycles. The van der Waals surface area contributed by atoms with Crippen LogP contribution >= 0.6 is 0 Å². The smallest absolute Gasteiger partial charge is 0.264 e. The third-order valence-electron chi connectivity index (χ3n) is 5.63. The van der Waals surface area contributed by atoms with Gasteiger partial charge in [0.1, 0.15) is 23.3 Å². The predicted octanol–water partition coefficient (Wildman–Crippen LogP) is 2.96. The average Bonchev–Trinajstić information content (AvgIpc) is 2.86. The summed E-state index contributed by atoms with van der Waals surface area (Å²) in [6.07, 6.45) is -0.719. The number of hydrogen-bond acceptors (Lipinski definition) is 6. The fourth-order valence-electron chi connectivity index (χ4n) is 3.73. The minimum absolute atomic E-state index is 0.0903. The third-order valence-corrected chi connectivity index (χ3v) is 5.63. The van der Waals surface area contributed by atoms with Crippen LogP contribution in [0.3, 0.4) is 0 Å². The highest BCUT2D eigenvalue weighted by atomic mass is 16.5. The predicted molar refractivity (Wildman–Crippen MR) is 122 cm³/mol. The van der Waals surface area contributed by atoms with Gasteiger partial charge in [-0.1, -0.05) is 26.0 Å². The molecule has 3 rings (SSSR count). The summed E-state index contributed by atoms with van der Waals surface area (Å²) in [6, 6.07) is 14.1. The zero-order chi connectivity index (χ0) is 24.0. The van der Waals surface area contributed by atoms with Crippen molar-refractivity contribution in [2.24, 2.45) is 5.92 Å². The summed E-state index contributed by atoms with van der Waals surface area (Å²) in [6.45, 7) is 5.42. The number of amides is 2. The Kier molecular flexibility index (Phi) is 7.78. The van der Waals surface area contributed by atoms with Crippen LogP contribution in [0.2, 0.25) is 0 Å². The molecule has 1 atom stereocenters. The number of benzene rings is 2. The summed E-state index contributed by atoms with van der Waals surface area (Å²) >= 11 is 0. The van der Waals surface area contributed by atoms with E-state index in [4.69, 9.17) is 14.2 Å². The van der Waals surface area contributed by atoms with Gasteiger partial charge in [0.25, 0.3) is 11.8 Å². The fourth-order valence-corrected chi connectivity index (χ4v) is 3.73. The summed E-state index contributed by atoms with van der Waals surface area (Å²) in [7, 11) is 3.07. The van der Waals surface area contributed by atoms with Crippen LogP contribution in [-0.2, 0) is 4.79 Å². The van der Waals surface area contributed by atoms with E-state index in [9.17, 15) is 14.9 Å². The number of nitrogens with zero attached hydrogens (tertiary/aromatic N) is 3. The maximum Gasteiger partial charge on any atom is 0.264 e. The number of carbonyl (C=O) groups excluding carboxylic acids is 2. The first-order valence-electron chi connectivity index (χ1n) is 10.9. The summed E-state index contributed by atoms with van der Waals surface area (Å²) in [5.74, 6) is 1.06. The Hall–Kier alpha value is -3.73. The molecule has 1 heterocycles. The average molecular weight is 452 g/mol. The number of ether oxygens (including phenoxy) is 3. The van der Waals surface area contributed by atoms with Gasteiger partial charge in [0, 0.05) is 32.2 Å². The number of rotatable bonds is 7. The Morgan fingerprint density at radius 3 is 2.21 bits per heavy atom. The molecule has 174 valence electrons. The molecule has 1 fully saturated rings. The molecule has 0 radical (unpaired) electrons. The van der Waals surface area contributed by atoms with Crippen molar-refractivity contribution in [3.63, 3.8) is 0 Å². The van der Waals surface area contributed by atoms with E-state index in [1.54, 1.807) is 59.4 Å². The lowest BCUT2D eigenvalue weighted by molar-refractivity contribution is -0.142. The molecule has 33 heavy (non-hydrogen) atoms. The zero-order valence-corrected chi connectivity index (χ0v) is 19.4. The highest BCUT2D eigenvalue weighted by Gasteiger charge is 2.33. The second-order valence-corrected chi connectivity index (χ2v) is 8.07. The highest BCUT2D eigenvalue weighted by Crippen LogP contribution is 2.27. The Bertz CT molecular complexity index is 1040. The second-order valence-electron chi connectivity index (χ2n) is 8.07. The minimum atomic E-state index is -0.719. The number of nitriles is 1. The van der Waals surface area contributed by atoms with Crippen molar-refractivity contribution in [3.05, 3.63) is 53.6 Å². The van der Waals surface area contributed by atoms with Gasteiger partial charge in [0.2, 0.25) is 0 Å². The lowest BCUT2D eigenvalue weighted by Gasteiger charge is -2.37. The molecule has 2 aromatic rings. The van der Waals surface area contributed by atoms with Crippen molar-refractivity contribution in [1.29, 1.82) is 5.26 Å². The summed E-state index contributed by atoms with van der Waals surface area (Å²) in [5.41, 5.74) is 0.842. The first-order chi connectivity index (χ1) is 15.9. The Morgan fingerprint density at radius 1 is 0.939 bits per heavy atom. The van der Waals surface area contributed by atoms with E-state index < -0.39 is 6.10 Å². The highest BCUT2D eigenvalue weighted by molar-refractivity contribution is 5.97. The van der Waals surface area contributed by atoms with Crippen LogP contribution in [0.25, 0.3) is 0 Å². The summed E-state index contributed by atoms with van der Waals surface area (Å²) < 4.78 is 16.5. The van der Waals surface area contributed by atoms with E-state index in [0.717, 1.165) is 0 Å². The van der Waals surface area contributed by atoms with E-state index in [-0.39, 0.29) is 17.7 Å². The number of carbonyl (C=O) groups is 2. The molecule has 0 aromatic heterocycles. The van der Waals surface area contributed by atoms with Crippen LogP contribution in [0.15, 0.2) is 42.5 Å². The molecule has 0 N–H and O–H groups in total. The van der Waals surface area contributed by atoms with Crippen molar-refractivity contribution < 1.29 is 23.8 Å². The van der Waals surface area contributed by atoms with Gasteiger partial charge in [-0.15, -0.1) is 0 Å². The fraction of sp³-hybridized carbons (Fsp3) is 0.400. The van der Waals surface area contributed by atoms with Gasteiger partial charge in [-0.2, -0.15) is 5.26 Å². The molecule has 2 aromatic carbocycles. The number of piperazine rings is 1. The third kappa shape index (κ3) is 5.37. The van der Waals surface area contributed by atoms with Crippen LogP contribution in [0.1, 0.15) is 29.8 Å². The lowest BCUT2D eigenvalue weighted by atomic mass is 10.0. The second kappa shape index (κ2) is 10.7. The Labute approximate surface area is 194 Å². The normalized spacial score (nSPS) is 14.4. The first kappa shape index (κ1) is 23.9. The van der Waals surface area contributed by atoms with Gasteiger partial charge < -0.3 is 24.0 Å². The Morgan fingerprint density at radius 2 is 1.61 bits per heavy atom. The van der Waals surface area contributed by atoms with Crippen molar-refractivity contribution in [1.82, 2.24) is 9.80 Å². The Balaban J connectivity index is 1.67. The van der Waals surface area contributed by atoms with Crippen LogP contribution in [0, 0.1) is 17.2 Å². The van der Waals surface area contributed by atoms with Gasteiger partial charge in [0.15, 0.2) is 6.10 Å². The minimum Gasteiger partial charge on any atom is -0.497 e. The standard InChI is InChI=1S/C25H29N3O5/c1-17(2)23(33-21-8-6-5-7-18(21)16-26)25(30)28-13-11-27(12-14-28)24(29)20-10-9-19(31-3)15-22(20)32-4/h5-10,15,17,23H,11-14H2,1-4H3. The molecule has 1 unspecified atom stereocenters. The van der Waals surface area contributed by atoms with Crippen LogP contribution in [0.5, 0.6) is 17.2 Å². The van der Waals surface area contributed by atoms with Crippen LogP contribution in [-0.4, -0.2) is 68.1 Å². The van der Waals surface area contributed by atoms with Gasteiger partial charge in [-0.3, -0.25) is 9.59 Å². The maximum atomic E-state index is 13.2. The van der Waals surface area contributed by atoms with Gasteiger partial charge in [-0.25, -0.2) is 0 Å². The van der Waals surface area contributed by atoms with E-state index in [1.165, 1.54) is 7.11 Å². The summed E-state index contributed by atoms with van der Waals surface area (Å²) in [5, 5.41) is 9.32. The van der Waals surface area contributed by atoms with Gasteiger partial charge >= 0.3 is 0 Å². The van der Waals surface area contributed by atoms with Crippen molar-refractivity contribution in [2.75, 3.05) is 40.4 Å². The van der Waals surface area contributed by atoms with Crippen molar-refractivity contribution in [3.8, 4) is 23.3 Å². The van der Waals surface area contributed by atoms with Gasteiger partial charge in [0.05, 0.1) is 25.3 Å². The first-order valence-corrected chi connectivity index (χ1v) is 10.9. The number of para-hydroxylation sites is 1. The quantitative estimate of drug-likeness (QED) is 0.643. The van der Waals surface area contributed by atoms with E-state index >= 15 is 0 Å². The molecule has 8 nitrogen and oxygen atoms in total. The topological polar surface area (TPSA) is 92.1 Å². The van der Waals surface area contributed by atoms with E-state index in [0.29, 0.717) is 54.6 Å². The molecular formula is C25H29N3O5. The van der Waals surface area contributed by atoms with E-state index in [1.807, 2.05) is 13.8 Å². The monoisotopic (exact) mass is 451 g/mol. The molecule has 2 amide bonds. The molecule has 1 aliphatic heterocycles. The van der Waals surface area contributed by atoms with Crippen molar-refractivity contribution in [2.45, 2.75) is 20.0 Å². The molecule has 0 spiro atoms. The molecule has 1 aliphatic rings. The van der Waals surface area contributed by atoms with Crippen LogP contribution < -0.4 is 14.2 Å². The SMILES string of the molecule is COc1ccc(C(=O)N2CCN(C(=O)C(Oc3ccccc3C#N)C(C)C)CC2)c(OC)c1. The number of methoxy groups -OCH3 is 2.